The number of rotatable bonds is 5. The molecule has 4 rings (SSSR count). The summed E-state index contributed by atoms with van der Waals surface area (Å²) >= 11 is 0. The molecule has 4 aliphatic rings. The van der Waals surface area contributed by atoms with Crippen LogP contribution in [0.1, 0.15) is 45.4 Å². The second-order valence-corrected chi connectivity index (χ2v) is 7.51. The molecule has 0 radical (unpaired) electrons. The molecule has 0 saturated heterocycles. The molecule has 4 N–H and O–H groups in total. The van der Waals surface area contributed by atoms with E-state index < -0.39 is 17.4 Å². The van der Waals surface area contributed by atoms with Crippen LogP contribution < -0.4 is 11.1 Å². The standard InChI is InChI=1S/C16H24N2O4/c1-8(19)18-14-11-3-9-2-10(4-11)7-16(14,6-9)15(22)12(17)5-13(20)21/h9-12,14H,2-7,17H2,1H3,(H,18,19)(H,20,21)/t9?,10?,11?,12-,14?,16?/m0/s1. The number of carboxylic acid groups (broad SMARTS) is 1. The maximum Gasteiger partial charge on any atom is 0.305 e. The Morgan fingerprint density at radius 1 is 1.23 bits per heavy atom. The van der Waals surface area contributed by atoms with Crippen molar-refractivity contribution < 1.29 is 19.5 Å². The molecule has 0 aromatic rings. The molecule has 0 aromatic heterocycles. The minimum atomic E-state index is -1.05. The third-order valence-electron chi connectivity index (χ3n) is 5.89. The minimum Gasteiger partial charge on any atom is -0.481 e. The van der Waals surface area contributed by atoms with E-state index in [1.54, 1.807) is 0 Å². The van der Waals surface area contributed by atoms with Gasteiger partial charge in [-0.15, -0.1) is 0 Å². The highest BCUT2D eigenvalue weighted by Crippen LogP contribution is 2.60. The first-order valence-electron chi connectivity index (χ1n) is 8.10. The van der Waals surface area contributed by atoms with Crippen LogP contribution in [-0.2, 0) is 14.4 Å². The van der Waals surface area contributed by atoms with Crippen molar-refractivity contribution in [2.24, 2.45) is 28.9 Å². The van der Waals surface area contributed by atoms with Gasteiger partial charge in [-0.3, -0.25) is 14.4 Å². The summed E-state index contributed by atoms with van der Waals surface area (Å²) < 4.78 is 0. The van der Waals surface area contributed by atoms with Crippen LogP contribution in [-0.4, -0.2) is 34.8 Å². The Morgan fingerprint density at radius 2 is 1.82 bits per heavy atom. The predicted octanol–water partition coefficient (Wildman–Crippen LogP) is 0.689. The summed E-state index contributed by atoms with van der Waals surface area (Å²) in [6.45, 7) is 1.47. The smallest absolute Gasteiger partial charge is 0.305 e. The maximum atomic E-state index is 13.0. The fourth-order valence-corrected chi connectivity index (χ4v) is 5.52. The molecule has 4 atom stereocenters. The molecule has 6 heteroatoms. The third-order valence-corrected chi connectivity index (χ3v) is 5.89. The number of nitrogens with one attached hydrogen (secondary N) is 1. The molecule has 0 aliphatic heterocycles. The number of carboxylic acids is 1. The van der Waals surface area contributed by atoms with E-state index in [1.165, 1.54) is 6.92 Å². The summed E-state index contributed by atoms with van der Waals surface area (Å²) in [5.41, 5.74) is 5.25. The Kier molecular flexibility index (Phi) is 3.75. The number of Topliss-reactive ketones (excluding diaryl/α,β-unsaturated/α-hetero) is 1. The molecular weight excluding hydrogens is 284 g/mol. The first kappa shape index (κ1) is 15.5. The second kappa shape index (κ2) is 5.33. The molecule has 1 amide bonds. The number of ketones is 1. The van der Waals surface area contributed by atoms with Gasteiger partial charge in [0.25, 0.3) is 0 Å². The number of carbonyl (C=O) groups excluding carboxylic acids is 2. The van der Waals surface area contributed by atoms with Crippen molar-refractivity contribution in [1.82, 2.24) is 5.32 Å². The van der Waals surface area contributed by atoms with Gasteiger partial charge in [-0.2, -0.15) is 0 Å². The summed E-state index contributed by atoms with van der Waals surface area (Å²) in [5, 5.41) is 11.9. The number of amides is 1. The first-order valence-corrected chi connectivity index (χ1v) is 8.10. The second-order valence-electron chi connectivity index (χ2n) is 7.51. The molecular formula is C16H24N2O4. The third kappa shape index (κ3) is 2.43. The lowest BCUT2D eigenvalue weighted by Crippen LogP contribution is -2.67. The van der Waals surface area contributed by atoms with E-state index in [1.807, 2.05) is 0 Å². The van der Waals surface area contributed by atoms with Gasteiger partial charge in [-0.25, -0.2) is 0 Å². The van der Waals surface area contributed by atoms with Crippen molar-refractivity contribution in [2.75, 3.05) is 0 Å². The van der Waals surface area contributed by atoms with Crippen LogP contribution >= 0.6 is 0 Å². The van der Waals surface area contributed by atoms with E-state index in [0.717, 1.165) is 32.1 Å². The number of hydrogen-bond donors (Lipinski definition) is 3. The van der Waals surface area contributed by atoms with Crippen LogP contribution in [0.25, 0.3) is 0 Å². The SMILES string of the molecule is CC(=O)NC1C2CC3CC(C2)CC1(C(=O)[C@@H](N)CC(=O)O)C3. The monoisotopic (exact) mass is 308 g/mol. The highest BCUT2D eigenvalue weighted by Gasteiger charge is 2.61. The van der Waals surface area contributed by atoms with Crippen LogP contribution in [0.2, 0.25) is 0 Å². The lowest BCUT2D eigenvalue weighted by atomic mass is 9.45. The quantitative estimate of drug-likeness (QED) is 0.692. The van der Waals surface area contributed by atoms with E-state index in [9.17, 15) is 14.4 Å². The van der Waals surface area contributed by atoms with E-state index in [-0.39, 0.29) is 24.2 Å². The summed E-state index contributed by atoms with van der Waals surface area (Å²) in [6, 6.07) is -1.16. The Balaban J connectivity index is 1.90. The zero-order valence-electron chi connectivity index (χ0n) is 12.9. The number of hydrogen-bond acceptors (Lipinski definition) is 4. The largest absolute Gasteiger partial charge is 0.481 e. The van der Waals surface area contributed by atoms with Crippen LogP contribution in [0.5, 0.6) is 0 Å². The van der Waals surface area contributed by atoms with Crippen LogP contribution in [0.4, 0.5) is 0 Å². The molecule has 4 fully saturated rings. The van der Waals surface area contributed by atoms with Gasteiger partial charge in [-0.1, -0.05) is 0 Å². The van der Waals surface area contributed by atoms with Crippen molar-refractivity contribution in [2.45, 2.75) is 57.5 Å². The fourth-order valence-electron chi connectivity index (χ4n) is 5.52. The van der Waals surface area contributed by atoms with Gasteiger partial charge >= 0.3 is 5.97 Å². The Labute approximate surface area is 129 Å². The van der Waals surface area contributed by atoms with Crippen molar-refractivity contribution in [1.29, 1.82) is 0 Å². The Hall–Kier alpha value is -1.43. The molecule has 122 valence electrons. The van der Waals surface area contributed by atoms with Crippen LogP contribution in [0.15, 0.2) is 0 Å². The summed E-state index contributed by atoms with van der Waals surface area (Å²) in [6.07, 6.45) is 4.43. The Morgan fingerprint density at radius 3 is 2.32 bits per heavy atom. The zero-order valence-corrected chi connectivity index (χ0v) is 12.9. The van der Waals surface area contributed by atoms with Gasteiger partial charge in [0.05, 0.1) is 17.9 Å². The molecule has 22 heavy (non-hydrogen) atoms. The first-order chi connectivity index (χ1) is 10.3. The predicted molar refractivity (Wildman–Crippen MR) is 78.8 cm³/mol. The zero-order chi connectivity index (χ0) is 16.1. The molecule has 4 bridgehead atoms. The van der Waals surface area contributed by atoms with Crippen molar-refractivity contribution in [3.05, 3.63) is 0 Å². The summed E-state index contributed by atoms with van der Waals surface area (Å²) in [7, 11) is 0. The molecule has 0 aromatic carbocycles. The van der Waals surface area contributed by atoms with E-state index in [0.29, 0.717) is 17.8 Å². The van der Waals surface area contributed by atoms with Gasteiger partial charge in [-0.05, 0) is 49.9 Å². The van der Waals surface area contributed by atoms with E-state index >= 15 is 0 Å². The highest BCUT2D eigenvalue weighted by atomic mass is 16.4. The van der Waals surface area contributed by atoms with Gasteiger partial charge in [0.15, 0.2) is 5.78 Å². The topological polar surface area (TPSA) is 109 Å². The minimum absolute atomic E-state index is 0.128. The molecule has 3 unspecified atom stereocenters. The molecule has 6 nitrogen and oxygen atoms in total. The van der Waals surface area contributed by atoms with Gasteiger partial charge in [0.1, 0.15) is 0 Å². The molecule has 4 aliphatic carbocycles. The van der Waals surface area contributed by atoms with E-state index in [2.05, 4.69) is 5.32 Å². The van der Waals surface area contributed by atoms with E-state index in [4.69, 9.17) is 10.8 Å². The van der Waals surface area contributed by atoms with Crippen molar-refractivity contribution in [3.8, 4) is 0 Å². The number of nitrogens with two attached hydrogens (primary N) is 1. The van der Waals surface area contributed by atoms with Gasteiger partial charge < -0.3 is 16.2 Å². The lowest BCUT2D eigenvalue weighted by Gasteiger charge is -2.60. The number of carbonyl (C=O) groups is 3. The number of aliphatic carboxylic acids is 1. The van der Waals surface area contributed by atoms with Crippen LogP contribution in [0.3, 0.4) is 0 Å². The van der Waals surface area contributed by atoms with Crippen LogP contribution in [0, 0.1) is 23.2 Å². The summed E-state index contributed by atoms with van der Waals surface area (Å²) in [5.74, 6) is 0.0222. The summed E-state index contributed by atoms with van der Waals surface area (Å²) in [4.78, 5) is 35.5. The van der Waals surface area contributed by atoms with Crippen molar-refractivity contribution in [3.63, 3.8) is 0 Å². The normalized spacial score (nSPS) is 40.3. The fraction of sp³-hybridized carbons (Fsp3) is 0.812. The van der Waals surface area contributed by atoms with Crippen molar-refractivity contribution >= 4 is 17.7 Å². The Bertz CT molecular complexity index is 504. The maximum absolute atomic E-state index is 13.0. The van der Waals surface area contributed by atoms with Gasteiger partial charge in [0, 0.05) is 13.0 Å². The molecule has 0 heterocycles. The lowest BCUT2D eigenvalue weighted by molar-refractivity contribution is -0.155. The average Bonchev–Trinajstić information content (AvgIpc) is 2.40. The molecule has 0 spiro atoms. The highest BCUT2D eigenvalue weighted by molar-refractivity contribution is 5.94. The van der Waals surface area contributed by atoms with Gasteiger partial charge in [0.2, 0.25) is 5.91 Å². The molecule has 4 saturated carbocycles. The average molecular weight is 308 g/mol.